The molecule has 0 unspecified atom stereocenters. The van der Waals surface area contributed by atoms with Crippen LogP contribution in [0.3, 0.4) is 0 Å². The zero-order valence-electron chi connectivity index (χ0n) is 13.2. The summed E-state index contributed by atoms with van der Waals surface area (Å²) in [5.74, 6) is -0.988. The molecule has 2 aromatic carbocycles. The molecular formula is C17H17ClFIN2O3. The first-order valence-corrected chi connectivity index (χ1v) is 9.01. The maximum Gasteiger partial charge on any atom is 0.276 e. The lowest BCUT2D eigenvalue weighted by atomic mass is 10.1. The highest BCUT2D eigenvalue weighted by atomic mass is 127. The van der Waals surface area contributed by atoms with Gasteiger partial charge in [0.1, 0.15) is 5.82 Å². The van der Waals surface area contributed by atoms with Crippen molar-refractivity contribution in [3.8, 4) is 0 Å². The quantitative estimate of drug-likeness (QED) is 0.301. The van der Waals surface area contributed by atoms with Crippen LogP contribution < -0.4 is 10.8 Å². The van der Waals surface area contributed by atoms with Gasteiger partial charge in [0.15, 0.2) is 0 Å². The average molecular weight is 479 g/mol. The summed E-state index contributed by atoms with van der Waals surface area (Å²) in [5.41, 5.74) is 3.37. The molecule has 5 nitrogen and oxygen atoms in total. The fraction of sp³-hybridized carbons (Fsp3) is 0.235. The smallest absolute Gasteiger partial charge is 0.276 e. The van der Waals surface area contributed by atoms with E-state index in [1.807, 2.05) is 6.07 Å². The summed E-state index contributed by atoms with van der Waals surface area (Å²) in [4.78, 5) is 17.3. The molecule has 0 fully saturated rings. The van der Waals surface area contributed by atoms with Crippen LogP contribution in [0.15, 0.2) is 36.4 Å². The summed E-state index contributed by atoms with van der Waals surface area (Å²) in [6, 6.07) is 9.13. The molecule has 2 rings (SSSR count). The summed E-state index contributed by atoms with van der Waals surface area (Å²) < 4.78 is 14.6. The van der Waals surface area contributed by atoms with E-state index in [9.17, 15) is 9.18 Å². The van der Waals surface area contributed by atoms with Gasteiger partial charge in [0, 0.05) is 10.2 Å². The van der Waals surface area contributed by atoms with E-state index >= 15 is 0 Å². The minimum atomic E-state index is -0.506. The summed E-state index contributed by atoms with van der Waals surface area (Å²) >= 11 is 8.31. The highest BCUT2D eigenvalue weighted by Crippen LogP contribution is 2.29. The molecule has 3 N–H and O–H groups in total. The van der Waals surface area contributed by atoms with E-state index in [4.69, 9.17) is 21.5 Å². The fourth-order valence-corrected chi connectivity index (χ4v) is 2.91. The van der Waals surface area contributed by atoms with Gasteiger partial charge in [-0.2, -0.15) is 0 Å². The average Bonchev–Trinajstić information content (AvgIpc) is 2.57. The number of aliphatic hydroxyl groups excluding tert-OH is 1. The van der Waals surface area contributed by atoms with E-state index in [1.165, 1.54) is 18.2 Å². The van der Waals surface area contributed by atoms with Crippen LogP contribution in [0.4, 0.5) is 15.8 Å². The number of halogens is 3. The van der Waals surface area contributed by atoms with Crippen LogP contribution in [0.1, 0.15) is 23.2 Å². The number of amides is 1. The van der Waals surface area contributed by atoms with E-state index in [1.54, 1.807) is 12.1 Å². The molecule has 25 heavy (non-hydrogen) atoms. The zero-order chi connectivity index (χ0) is 18.2. The Hall–Kier alpha value is -1.42. The number of carbonyl (C=O) groups is 1. The number of anilines is 2. The second-order valence-electron chi connectivity index (χ2n) is 5.15. The Morgan fingerprint density at radius 2 is 2.00 bits per heavy atom. The molecule has 134 valence electrons. The number of hydrogen-bond donors (Lipinski definition) is 3. The first-order chi connectivity index (χ1) is 12.0. The molecule has 0 saturated heterocycles. The van der Waals surface area contributed by atoms with Crippen molar-refractivity contribution in [2.24, 2.45) is 0 Å². The van der Waals surface area contributed by atoms with Crippen LogP contribution in [0, 0.1) is 9.39 Å². The van der Waals surface area contributed by atoms with Crippen molar-refractivity contribution in [3.63, 3.8) is 0 Å². The van der Waals surface area contributed by atoms with E-state index in [0.717, 1.165) is 3.57 Å². The Labute approximate surface area is 163 Å². The third-order valence-corrected chi connectivity index (χ3v) is 4.23. The SMILES string of the molecule is O=C(NOCCCCO)c1ccc(F)cc1Nc1ccc(I)cc1Cl. The van der Waals surface area contributed by atoms with Gasteiger partial charge in [-0.05, 0) is 71.8 Å². The van der Waals surface area contributed by atoms with Crippen molar-refractivity contribution in [1.82, 2.24) is 5.48 Å². The van der Waals surface area contributed by atoms with Crippen LogP contribution >= 0.6 is 34.2 Å². The van der Waals surface area contributed by atoms with Gasteiger partial charge in [-0.3, -0.25) is 9.63 Å². The topological polar surface area (TPSA) is 70.6 Å². The van der Waals surface area contributed by atoms with Gasteiger partial charge in [-0.1, -0.05) is 11.6 Å². The lowest BCUT2D eigenvalue weighted by Gasteiger charge is -2.14. The summed E-state index contributed by atoms with van der Waals surface area (Å²) in [6.07, 6.45) is 1.20. The Morgan fingerprint density at radius 1 is 1.20 bits per heavy atom. The van der Waals surface area contributed by atoms with Gasteiger partial charge in [-0.25, -0.2) is 9.87 Å². The lowest BCUT2D eigenvalue weighted by Crippen LogP contribution is -2.25. The number of unbranched alkanes of at least 4 members (excludes halogenated alkanes) is 1. The molecule has 0 aliphatic rings. The number of aliphatic hydroxyl groups is 1. The van der Waals surface area contributed by atoms with Crippen molar-refractivity contribution in [1.29, 1.82) is 0 Å². The number of benzene rings is 2. The molecular weight excluding hydrogens is 462 g/mol. The van der Waals surface area contributed by atoms with Gasteiger partial charge in [0.25, 0.3) is 5.91 Å². The summed E-state index contributed by atoms with van der Waals surface area (Å²) in [5, 5.41) is 12.1. The van der Waals surface area contributed by atoms with Crippen molar-refractivity contribution in [3.05, 3.63) is 56.4 Å². The minimum absolute atomic E-state index is 0.0696. The van der Waals surface area contributed by atoms with Crippen molar-refractivity contribution in [2.75, 3.05) is 18.5 Å². The molecule has 0 atom stereocenters. The fourth-order valence-electron chi connectivity index (χ4n) is 2.01. The van der Waals surface area contributed by atoms with E-state index in [0.29, 0.717) is 23.6 Å². The van der Waals surface area contributed by atoms with Crippen LogP contribution in [0.2, 0.25) is 5.02 Å². The largest absolute Gasteiger partial charge is 0.396 e. The van der Waals surface area contributed by atoms with Crippen molar-refractivity contribution >= 4 is 51.5 Å². The monoisotopic (exact) mass is 478 g/mol. The second-order valence-corrected chi connectivity index (χ2v) is 6.80. The molecule has 2 aromatic rings. The molecule has 0 radical (unpaired) electrons. The Balaban J connectivity index is 2.12. The standard InChI is InChI=1S/C17H17ClFIN2O3/c18-14-10-12(20)4-6-15(14)21-16-9-11(19)3-5-13(16)17(24)22-25-8-2-1-7-23/h3-6,9-10,21,23H,1-2,7-8H2,(H,22,24). The number of carbonyl (C=O) groups excluding carboxylic acids is 1. The number of nitrogens with one attached hydrogen (secondary N) is 2. The van der Waals surface area contributed by atoms with Gasteiger partial charge >= 0.3 is 0 Å². The third-order valence-electron chi connectivity index (χ3n) is 3.25. The van der Waals surface area contributed by atoms with E-state index in [2.05, 4.69) is 33.4 Å². The van der Waals surface area contributed by atoms with Gasteiger partial charge in [0.05, 0.1) is 28.6 Å². The third kappa shape index (κ3) is 6.10. The van der Waals surface area contributed by atoms with Gasteiger partial charge in [-0.15, -0.1) is 0 Å². The molecule has 1 amide bonds. The summed E-state index contributed by atoms with van der Waals surface area (Å²) in [7, 11) is 0. The Bertz CT molecular complexity index is 746. The van der Waals surface area contributed by atoms with Crippen LogP contribution in [0.5, 0.6) is 0 Å². The first-order valence-electron chi connectivity index (χ1n) is 7.56. The maximum atomic E-state index is 13.6. The lowest BCUT2D eigenvalue weighted by molar-refractivity contribution is 0.0289. The molecule has 0 heterocycles. The normalized spacial score (nSPS) is 10.6. The maximum absolute atomic E-state index is 13.6. The Kier molecular flexibility index (Phi) is 7.89. The number of hydroxylamine groups is 1. The van der Waals surface area contributed by atoms with E-state index in [-0.39, 0.29) is 24.5 Å². The van der Waals surface area contributed by atoms with E-state index < -0.39 is 11.7 Å². The Morgan fingerprint density at radius 3 is 2.72 bits per heavy atom. The highest BCUT2D eigenvalue weighted by molar-refractivity contribution is 14.1. The number of rotatable bonds is 8. The molecule has 0 aliphatic carbocycles. The molecule has 8 heteroatoms. The van der Waals surface area contributed by atoms with Crippen molar-refractivity contribution in [2.45, 2.75) is 12.8 Å². The molecule has 0 bridgehead atoms. The predicted molar refractivity (Wildman–Crippen MR) is 104 cm³/mol. The van der Waals surface area contributed by atoms with Crippen LogP contribution in [-0.2, 0) is 4.84 Å². The van der Waals surface area contributed by atoms with Gasteiger partial charge in [0.2, 0.25) is 0 Å². The zero-order valence-corrected chi connectivity index (χ0v) is 16.1. The predicted octanol–water partition coefficient (Wildman–Crippen LogP) is 4.26. The van der Waals surface area contributed by atoms with Crippen molar-refractivity contribution < 1.29 is 19.1 Å². The molecule has 0 aliphatic heterocycles. The first kappa shape index (κ1) is 19.9. The van der Waals surface area contributed by atoms with Crippen LogP contribution in [0.25, 0.3) is 0 Å². The molecule has 0 saturated carbocycles. The number of hydrogen-bond acceptors (Lipinski definition) is 4. The highest BCUT2D eigenvalue weighted by Gasteiger charge is 2.14. The summed E-state index contributed by atoms with van der Waals surface area (Å²) in [6.45, 7) is 0.347. The molecule has 0 spiro atoms. The van der Waals surface area contributed by atoms with Gasteiger partial charge < -0.3 is 10.4 Å². The van der Waals surface area contributed by atoms with Crippen LogP contribution in [-0.4, -0.2) is 24.2 Å². The molecule has 0 aromatic heterocycles. The second kappa shape index (κ2) is 9.91. The minimum Gasteiger partial charge on any atom is -0.396 e.